The summed E-state index contributed by atoms with van der Waals surface area (Å²) >= 11 is 0. The quantitative estimate of drug-likeness (QED) is 0.872. The minimum absolute atomic E-state index is 0. The first-order chi connectivity index (χ1) is 11.3. The van der Waals surface area contributed by atoms with Crippen LogP contribution in [0.25, 0.3) is 0 Å². The fourth-order valence-corrected chi connectivity index (χ4v) is 2.42. The number of amides is 1. The fourth-order valence-electron chi connectivity index (χ4n) is 2.42. The standard InChI is InChI=1S/C18H20N2O3.ClH/c1-2-19-11-13-7-3-4-8-14(13)20-18(21)17-12-22-15-9-5-6-10-16(15)23-17;/h3-10,17,19H,2,11-12H2,1H3,(H,20,21);1H. The molecule has 0 radical (unpaired) electrons. The normalized spacial score (nSPS) is 15.3. The van der Waals surface area contributed by atoms with Gasteiger partial charge >= 0.3 is 0 Å². The van der Waals surface area contributed by atoms with Crippen LogP contribution in [0.2, 0.25) is 0 Å². The van der Waals surface area contributed by atoms with Crippen LogP contribution in [0, 0.1) is 0 Å². The Hall–Kier alpha value is -2.24. The maximum atomic E-state index is 12.5. The maximum absolute atomic E-state index is 12.5. The lowest BCUT2D eigenvalue weighted by Crippen LogP contribution is -2.40. The van der Waals surface area contributed by atoms with Crippen molar-refractivity contribution in [2.75, 3.05) is 18.5 Å². The molecule has 1 atom stereocenters. The van der Waals surface area contributed by atoms with Gasteiger partial charge in [0.25, 0.3) is 5.91 Å². The second-order valence-electron chi connectivity index (χ2n) is 5.29. The number of carbonyl (C=O) groups is 1. The minimum atomic E-state index is -0.655. The van der Waals surface area contributed by atoms with Crippen LogP contribution in [0.1, 0.15) is 12.5 Å². The Bertz CT molecular complexity index is 693. The van der Waals surface area contributed by atoms with Gasteiger partial charge in [-0.15, -0.1) is 12.4 Å². The molecule has 1 aliphatic heterocycles. The van der Waals surface area contributed by atoms with E-state index in [0.717, 1.165) is 17.8 Å². The van der Waals surface area contributed by atoms with Crippen LogP contribution in [-0.2, 0) is 11.3 Å². The summed E-state index contributed by atoms with van der Waals surface area (Å²) in [7, 11) is 0. The molecule has 0 aliphatic carbocycles. The van der Waals surface area contributed by atoms with Gasteiger partial charge in [0.15, 0.2) is 11.5 Å². The van der Waals surface area contributed by atoms with E-state index >= 15 is 0 Å². The van der Waals surface area contributed by atoms with E-state index in [1.807, 2.05) is 49.4 Å². The first kappa shape index (κ1) is 18.1. The minimum Gasteiger partial charge on any atom is -0.485 e. The van der Waals surface area contributed by atoms with E-state index in [2.05, 4.69) is 10.6 Å². The smallest absolute Gasteiger partial charge is 0.269 e. The van der Waals surface area contributed by atoms with E-state index < -0.39 is 6.10 Å². The van der Waals surface area contributed by atoms with Gasteiger partial charge in [0.05, 0.1) is 0 Å². The van der Waals surface area contributed by atoms with E-state index in [1.54, 1.807) is 6.07 Å². The number of carbonyl (C=O) groups excluding carboxylic acids is 1. The number of para-hydroxylation sites is 3. The predicted molar refractivity (Wildman–Crippen MR) is 96.1 cm³/mol. The highest BCUT2D eigenvalue weighted by molar-refractivity contribution is 5.95. The lowest BCUT2D eigenvalue weighted by atomic mass is 10.1. The van der Waals surface area contributed by atoms with Crippen LogP contribution in [0.5, 0.6) is 11.5 Å². The van der Waals surface area contributed by atoms with Crippen molar-refractivity contribution in [1.82, 2.24) is 5.32 Å². The van der Waals surface area contributed by atoms with Crippen molar-refractivity contribution in [3.63, 3.8) is 0 Å². The van der Waals surface area contributed by atoms with Gasteiger partial charge in [-0.1, -0.05) is 37.3 Å². The number of hydrogen-bond donors (Lipinski definition) is 2. The van der Waals surface area contributed by atoms with Crippen LogP contribution in [-0.4, -0.2) is 25.2 Å². The van der Waals surface area contributed by atoms with Crippen molar-refractivity contribution in [2.45, 2.75) is 19.6 Å². The third-order valence-corrected chi connectivity index (χ3v) is 3.64. The summed E-state index contributed by atoms with van der Waals surface area (Å²) in [5.41, 5.74) is 1.83. The molecule has 1 aliphatic rings. The summed E-state index contributed by atoms with van der Waals surface area (Å²) in [4.78, 5) is 12.5. The number of nitrogens with one attached hydrogen (secondary N) is 2. The monoisotopic (exact) mass is 348 g/mol. The molecule has 1 unspecified atom stereocenters. The third-order valence-electron chi connectivity index (χ3n) is 3.64. The zero-order chi connectivity index (χ0) is 16.1. The molecule has 6 heteroatoms. The van der Waals surface area contributed by atoms with Crippen molar-refractivity contribution in [3.05, 3.63) is 54.1 Å². The van der Waals surface area contributed by atoms with Crippen molar-refractivity contribution in [2.24, 2.45) is 0 Å². The highest BCUT2D eigenvalue weighted by Gasteiger charge is 2.27. The van der Waals surface area contributed by atoms with Gasteiger partial charge in [-0.05, 0) is 30.3 Å². The number of hydrogen-bond acceptors (Lipinski definition) is 4. The molecule has 2 aromatic rings. The molecule has 0 bridgehead atoms. The predicted octanol–water partition coefficient (Wildman–Crippen LogP) is 3.00. The summed E-state index contributed by atoms with van der Waals surface area (Å²) in [6.07, 6.45) is -0.655. The molecule has 128 valence electrons. The van der Waals surface area contributed by atoms with Crippen LogP contribution in [0.15, 0.2) is 48.5 Å². The van der Waals surface area contributed by atoms with Crippen molar-refractivity contribution in [3.8, 4) is 11.5 Å². The van der Waals surface area contributed by atoms with E-state index in [1.165, 1.54) is 0 Å². The van der Waals surface area contributed by atoms with Gasteiger partial charge in [-0.3, -0.25) is 4.79 Å². The SMILES string of the molecule is CCNCc1ccccc1NC(=O)C1COc2ccccc2O1.Cl. The average Bonchev–Trinajstić information content (AvgIpc) is 2.60. The molecule has 5 nitrogen and oxygen atoms in total. The third kappa shape index (κ3) is 4.19. The highest BCUT2D eigenvalue weighted by atomic mass is 35.5. The first-order valence-corrected chi connectivity index (χ1v) is 7.76. The fraction of sp³-hybridized carbons (Fsp3) is 0.278. The van der Waals surface area contributed by atoms with E-state index in [4.69, 9.17) is 9.47 Å². The number of anilines is 1. The Balaban J connectivity index is 0.00000208. The van der Waals surface area contributed by atoms with Gasteiger partial charge in [-0.25, -0.2) is 0 Å². The first-order valence-electron chi connectivity index (χ1n) is 7.76. The Morgan fingerprint density at radius 2 is 1.83 bits per heavy atom. The molecule has 1 amide bonds. The number of ether oxygens (including phenoxy) is 2. The maximum Gasteiger partial charge on any atom is 0.269 e. The van der Waals surface area contributed by atoms with Gasteiger partial charge in [0, 0.05) is 12.2 Å². The van der Waals surface area contributed by atoms with Crippen LogP contribution < -0.4 is 20.1 Å². The summed E-state index contributed by atoms with van der Waals surface area (Å²) < 4.78 is 11.3. The molecule has 0 saturated heterocycles. The molecule has 24 heavy (non-hydrogen) atoms. The molecule has 1 heterocycles. The average molecular weight is 349 g/mol. The summed E-state index contributed by atoms with van der Waals surface area (Å²) in [5.74, 6) is 1.06. The Morgan fingerprint density at radius 3 is 2.62 bits per heavy atom. The zero-order valence-corrected chi connectivity index (χ0v) is 14.3. The summed E-state index contributed by atoms with van der Waals surface area (Å²) in [6, 6.07) is 15.1. The summed E-state index contributed by atoms with van der Waals surface area (Å²) in [6.45, 7) is 3.83. The molecular formula is C18H21ClN2O3. The lowest BCUT2D eigenvalue weighted by molar-refractivity contribution is -0.125. The highest BCUT2D eigenvalue weighted by Crippen LogP contribution is 2.31. The van der Waals surface area contributed by atoms with E-state index in [0.29, 0.717) is 18.0 Å². The van der Waals surface area contributed by atoms with Crippen LogP contribution in [0.3, 0.4) is 0 Å². The number of rotatable bonds is 5. The van der Waals surface area contributed by atoms with Crippen molar-refractivity contribution in [1.29, 1.82) is 0 Å². The Labute approximate surface area is 147 Å². The van der Waals surface area contributed by atoms with E-state index in [-0.39, 0.29) is 24.9 Å². The molecule has 2 N–H and O–H groups in total. The van der Waals surface area contributed by atoms with Gasteiger partial charge in [0.1, 0.15) is 6.61 Å². The molecule has 0 fully saturated rings. The number of halogens is 1. The van der Waals surface area contributed by atoms with E-state index in [9.17, 15) is 4.79 Å². The van der Waals surface area contributed by atoms with Gasteiger partial charge in [-0.2, -0.15) is 0 Å². The van der Waals surface area contributed by atoms with Crippen molar-refractivity contribution >= 4 is 24.0 Å². The van der Waals surface area contributed by atoms with Crippen LogP contribution >= 0.6 is 12.4 Å². The van der Waals surface area contributed by atoms with Crippen molar-refractivity contribution < 1.29 is 14.3 Å². The molecule has 3 rings (SSSR count). The second-order valence-corrected chi connectivity index (χ2v) is 5.29. The molecule has 0 aromatic heterocycles. The summed E-state index contributed by atoms with van der Waals surface area (Å²) in [5, 5.41) is 6.20. The molecule has 2 aromatic carbocycles. The Kier molecular flexibility index (Phi) is 6.46. The van der Waals surface area contributed by atoms with Crippen LogP contribution in [0.4, 0.5) is 5.69 Å². The second kappa shape index (κ2) is 8.57. The Morgan fingerprint density at radius 1 is 1.12 bits per heavy atom. The largest absolute Gasteiger partial charge is 0.485 e. The number of benzene rings is 2. The van der Waals surface area contributed by atoms with Gasteiger partial charge in [0.2, 0.25) is 6.10 Å². The molecular weight excluding hydrogens is 328 g/mol. The van der Waals surface area contributed by atoms with Gasteiger partial charge < -0.3 is 20.1 Å². The topological polar surface area (TPSA) is 59.6 Å². The molecule has 0 saturated carbocycles. The lowest BCUT2D eigenvalue weighted by Gasteiger charge is -2.25. The number of fused-ring (bicyclic) bond motifs is 1. The molecule has 0 spiro atoms. The zero-order valence-electron chi connectivity index (χ0n) is 13.5.